The van der Waals surface area contributed by atoms with Crippen molar-refractivity contribution in [3.8, 4) is 11.5 Å². The summed E-state index contributed by atoms with van der Waals surface area (Å²) >= 11 is 12.7. The van der Waals surface area contributed by atoms with Crippen molar-refractivity contribution in [2.24, 2.45) is 5.14 Å². The lowest BCUT2D eigenvalue weighted by molar-refractivity contribution is 0.479. The third-order valence-electron chi connectivity index (χ3n) is 2.35. The molecule has 0 saturated carbocycles. The van der Waals surface area contributed by atoms with Crippen molar-refractivity contribution in [1.29, 1.82) is 0 Å². The number of sulfonamides is 1. The van der Waals surface area contributed by atoms with Gasteiger partial charge in [0.25, 0.3) is 0 Å². The highest BCUT2D eigenvalue weighted by Crippen LogP contribution is 2.35. The second kappa shape index (κ2) is 6.03. The van der Waals surface area contributed by atoms with Crippen molar-refractivity contribution in [2.75, 3.05) is 0 Å². The number of rotatable bonds is 3. The average molecular weight is 442 g/mol. The third-order valence-corrected chi connectivity index (χ3v) is 4.67. The van der Waals surface area contributed by atoms with Crippen LogP contribution in [0.4, 0.5) is 0 Å². The van der Waals surface area contributed by atoms with Crippen LogP contribution in [0, 0.1) is 0 Å². The van der Waals surface area contributed by atoms with Crippen LogP contribution < -0.4 is 9.88 Å². The molecule has 0 aliphatic rings. The molecule has 2 N–H and O–H groups in total. The van der Waals surface area contributed by atoms with E-state index in [1.165, 1.54) is 18.2 Å². The van der Waals surface area contributed by atoms with Crippen LogP contribution in [0.15, 0.2) is 50.2 Å². The highest BCUT2D eigenvalue weighted by atomic mass is 79.9. The van der Waals surface area contributed by atoms with Gasteiger partial charge in [0, 0.05) is 4.47 Å². The van der Waals surface area contributed by atoms with Crippen LogP contribution in [0.5, 0.6) is 11.5 Å². The zero-order chi connectivity index (χ0) is 14.9. The topological polar surface area (TPSA) is 69.4 Å². The number of benzene rings is 2. The van der Waals surface area contributed by atoms with Crippen molar-refractivity contribution < 1.29 is 13.2 Å². The van der Waals surface area contributed by atoms with Crippen molar-refractivity contribution in [1.82, 2.24) is 0 Å². The monoisotopic (exact) mass is 439 g/mol. The van der Waals surface area contributed by atoms with Gasteiger partial charge in [0.2, 0.25) is 10.0 Å². The fourth-order valence-corrected chi connectivity index (χ4v) is 3.37. The molecule has 0 unspecified atom stereocenters. The maximum atomic E-state index is 11.2. The molecule has 0 spiro atoms. The molecule has 0 amide bonds. The van der Waals surface area contributed by atoms with E-state index in [1.807, 2.05) is 12.1 Å². The maximum absolute atomic E-state index is 11.2. The second-order valence-corrected chi connectivity index (χ2v) is 7.55. The van der Waals surface area contributed by atoms with Crippen LogP contribution >= 0.6 is 43.5 Å². The Morgan fingerprint density at radius 2 is 1.70 bits per heavy atom. The molecule has 0 atom stereocenters. The van der Waals surface area contributed by atoms with Crippen molar-refractivity contribution >= 4 is 53.5 Å². The molecular formula is C12H8Br2ClNO3S. The lowest BCUT2D eigenvalue weighted by Gasteiger charge is -2.10. The summed E-state index contributed by atoms with van der Waals surface area (Å²) in [6.45, 7) is 0. The Morgan fingerprint density at radius 3 is 2.25 bits per heavy atom. The van der Waals surface area contributed by atoms with Crippen molar-refractivity contribution in [3.05, 3.63) is 50.4 Å². The predicted molar refractivity (Wildman–Crippen MR) is 84.7 cm³/mol. The van der Waals surface area contributed by atoms with Gasteiger partial charge in [-0.1, -0.05) is 27.5 Å². The van der Waals surface area contributed by atoms with Gasteiger partial charge in [-0.25, -0.2) is 13.6 Å². The standard InChI is InChI=1S/C12H8Br2ClNO3S/c13-7-1-3-11(9(14)5-7)19-12-4-2-8(6-10(12)15)20(16,17)18/h1-6H,(H2,16,17,18). The van der Waals surface area contributed by atoms with Crippen molar-refractivity contribution in [2.45, 2.75) is 4.90 Å². The van der Waals surface area contributed by atoms with E-state index in [-0.39, 0.29) is 9.92 Å². The number of halogens is 3. The first-order chi connectivity index (χ1) is 9.27. The fourth-order valence-electron chi connectivity index (χ4n) is 1.42. The van der Waals surface area contributed by atoms with Gasteiger partial charge in [0.1, 0.15) is 11.5 Å². The van der Waals surface area contributed by atoms with Gasteiger partial charge in [-0.2, -0.15) is 0 Å². The Bertz CT molecular complexity index is 765. The van der Waals surface area contributed by atoms with Crippen LogP contribution in [-0.2, 0) is 10.0 Å². The highest BCUT2D eigenvalue weighted by Gasteiger charge is 2.12. The van der Waals surface area contributed by atoms with E-state index < -0.39 is 10.0 Å². The van der Waals surface area contributed by atoms with E-state index in [1.54, 1.807) is 6.07 Å². The summed E-state index contributed by atoms with van der Waals surface area (Å²) in [5, 5.41) is 5.19. The number of primary sulfonamides is 1. The lowest BCUT2D eigenvalue weighted by atomic mass is 10.3. The van der Waals surface area contributed by atoms with Crippen LogP contribution in [0.1, 0.15) is 0 Å². The molecule has 0 radical (unpaired) electrons. The van der Waals surface area contributed by atoms with Gasteiger partial charge in [0.15, 0.2) is 0 Å². The minimum absolute atomic E-state index is 0.0651. The summed E-state index contributed by atoms with van der Waals surface area (Å²) in [6.07, 6.45) is 0. The van der Waals surface area contributed by atoms with Gasteiger partial charge >= 0.3 is 0 Å². The first kappa shape index (κ1) is 15.8. The fraction of sp³-hybridized carbons (Fsp3) is 0. The van der Waals surface area contributed by atoms with Crippen molar-refractivity contribution in [3.63, 3.8) is 0 Å². The van der Waals surface area contributed by atoms with E-state index in [4.69, 9.17) is 21.5 Å². The van der Waals surface area contributed by atoms with E-state index in [9.17, 15) is 8.42 Å². The first-order valence-electron chi connectivity index (χ1n) is 5.22. The number of ether oxygens (including phenoxy) is 1. The zero-order valence-corrected chi connectivity index (χ0v) is 14.6. The summed E-state index contributed by atoms with van der Waals surface area (Å²) in [5.74, 6) is 0.889. The Labute approximate surface area is 138 Å². The summed E-state index contributed by atoms with van der Waals surface area (Å²) in [5.41, 5.74) is 0. The molecule has 4 nitrogen and oxygen atoms in total. The molecule has 8 heteroatoms. The van der Waals surface area contributed by atoms with E-state index >= 15 is 0 Å². The lowest BCUT2D eigenvalue weighted by Crippen LogP contribution is -2.11. The maximum Gasteiger partial charge on any atom is 0.238 e. The smallest absolute Gasteiger partial charge is 0.238 e. The normalized spacial score (nSPS) is 11.4. The SMILES string of the molecule is NS(=O)(=O)c1ccc(Oc2ccc(Br)cc2Br)c(Cl)c1. The third kappa shape index (κ3) is 3.73. The molecule has 2 aromatic carbocycles. The first-order valence-corrected chi connectivity index (χ1v) is 8.73. The number of nitrogens with two attached hydrogens (primary N) is 1. The molecule has 0 bridgehead atoms. The molecule has 106 valence electrons. The molecule has 2 aromatic rings. The molecule has 0 aliphatic heterocycles. The molecule has 0 aromatic heterocycles. The van der Waals surface area contributed by atoms with Gasteiger partial charge < -0.3 is 4.74 Å². The largest absolute Gasteiger partial charge is 0.455 e. The summed E-state index contributed by atoms with van der Waals surface area (Å²) < 4.78 is 29.7. The van der Waals surface area contributed by atoms with Gasteiger partial charge in [0.05, 0.1) is 14.4 Å². The molecule has 0 fully saturated rings. The summed E-state index contributed by atoms with van der Waals surface area (Å²) in [4.78, 5) is -0.0651. The van der Waals surface area contributed by atoms with Gasteiger partial charge in [-0.05, 0) is 52.3 Å². The molecule has 0 aliphatic carbocycles. The van der Waals surface area contributed by atoms with Gasteiger partial charge in [-0.15, -0.1) is 0 Å². The van der Waals surface area contributed by atoms with Crippen LogP contribution in [0.3, 0.4) is 0 Å². The van der Waals surface area contributed by atoms with E-state index in [2.05, 4.69) is 31.9 Å². The Balaban J connectivity index is 2.35. The summed E-state index contributed by atoms with van der Waals surface area (Å²) in [7, 11) is -3.78. The quantitative estimate of drug-likeness (QED) is 0.772. The minimum atomic E-state index is -3.78. The average Bonchev–Trinajstić information content (AvgIpc) is 2.33. The Hall–Kier alpha value is -0.600. The number of hydrogen-bond donors (Lipinski definition) is 1. The van der Waals surface area contributed by atoms with Crippen LogP contribution in [0.2, 0.25) is 5.02 Å². The van der Waals surface area contributed by atoms with Gasteiger partial charge in [-0.3, -0.25) is 0 Å². The number of hydrogen-bond acceptors (Lipinski definition) is 3. The molecular weight excluding hydrogens is 433 g/mol. The molecule has 20 heavy (non-hydrogen) atoms. The zero-order valence-electron chi connectivity index (χ0n) is 9.81. The Morgan fingerprint density at radius 1 is 1.05 bits per heavy atom. The Kier molecular flexibility index (Phi) is 4.76. The highest BCUT2D eigenvalue weighted by molar-refractivity contribution is 9.11. The van der Waals surface area contributed by atoms with E-state index in [0.717, 1.165) is 8.95 Å². The van der Waals surface area contributed by atoms with E-state index in [0.29, 0.717) is 11.5 Å². The van der Waals surface area contributed by atoms with Crippen LogP contribution in [0.25, 0.3) is 0 Å². The summed E-state index contributed by atoms with van der Waals surface area (Å²) in [6, 6.07) is 9.42. The van der Waals surface area contributed by atoms with Crippen LogP contribution in [-0.4, -0.2) is 8.42 Å². The molecule has 0 saturated heterocycles. The molecule has 0 heterocycles. The predicted octanol–water partition coefficient (Wildman–Crippen LogP) is 4.30. The minimum Gasteiger partial charge on any atom is -0.455 e. The second-order valence-electron chi connectivity index (χ2n) is 3.81. The molecule has 2 rings (SSSR count).